The predicted octanol–water partition coefficient (Wildman–Crippen LogP) is 2.99. The molecule has 0 radical (unpaired) electrons. The summed E-state index contributed by atoms with van der Waals surface area (Å²) in [6, 6.07) is 2.94. The van der Waals surface area contributed by atoms with E-state index in [1.165, 1.54) is 12.1 Å². The number of carboxylic acids is 1. The summed E-state index contributed by atoms with van der Waals surface area (Å²) in [5.41, 5.74) is 0.812. The van der Waals surface area contributed by atoms with Gasteiger partial charge < -0.3 is 10.0 Å². The SMILES string of the molecule is CCC(CC)CN(CC)C(=O)c1ccc(C(=O)O)c(C)n1. The molecule has 0 atom stereocenters. The number of carbonyl (C=O) groups excluding carboxylic acids is 1. The molecule has 0 fully saturated rings. The van der Waals surface area contributed by atoms with Crippen LogP contribution in [0.2, 0.25) is 0 Å². The minimum atomic E-state index is -1.02. The highest BCUT2D eigenvalue weighted by molar-refractivity contribution is 5.94. The summed E-state index contributed by atoms with van der Waals surface area (Å²) in [7, 11) is 0. The zero-order valence-corrected chi connectivity index (χ0v) is 13.2. The van der Waals surface area contributed by atoms with Crippen molar-refractivity contribution in [3.05, 3.63) is 29.1 Å². The molecule has 1 N–H and O–H groups in total. The van der Waals surface area contributed by atoms with Gasteiger partial charge >= 0.3 is 5.97 Å². The predicted molar refractivity (Wildman–Crippen MR) is 81.6 cm³/mol. The van der Waals surface area contributed by atoms with Gasteiger partial charge in [0.25, 0.3) is 5.91 Å². The van der Waals surface area contributed by atoms with Gasteiger partial charge in [0.1, 0.15) is 5.69 Å². The fourth-order valence-corrected chi connectivity index (χ4v) is 2.28. The first-order valence-corrected chi connectivity index (χ1v) is 7.44. The third-order valence-corrected chi connectivity index (χ3v) is 3.84. The van der Waals surface area contributed by atoms with Crippen LogP contribution in [0.5, 0.6) is 0 Å². The minimum Gasteiger partial charge on any atom is -0.478 e. The Morgan fingerprint density at radius 3 is 2.29 bits per heavy atom. The van der Waals surface area contributed by atoms with Crippen molar-refractivity contribution in [2.24, 2.45) is 5.92 Å². The van der Waals surface area contributed by atoms with Crippen molar-refractivity contribution in [1.29, 1.82) is 0 Å². The Hall–Kier alpha value is -1.91. The highest BCUT2D eigenvalue weighted by atomic mass is 16.4. The average Bonchev–Trinajstić information content (AvgIpc) is 2.47. The van der Waals surface area contributed by atoms with E-state index < -0.39 is 5.97 Å². The number of nitrogens with zero attached hydrogens (tertiary/aromatic N) is 2. The van der Waals surface area contributed by atoms with Gasteiger partial charge in [-0.05, 0) is 31.9 Å². The Morgan fingerprint density at radius 1 is 1.24 bits per heavy atom. The molecule has 21 heavy (non-hydrogen) atoms. The van der Waals surface area contributed by atoms with Crippen molar-refractivity contribution >= 4 is 11.9 Å². The lowest BCUT2D eigenvalue weighted by molar-refractivity contribution is 0.0689. The summed E-state index contributed by atoms with van der Waals surface area (Å²) in [4.78, 5) is 29.4. The maximum Gasteiger partial charge on any atom is 0.337 e. The zero-order valence-electron chi connectivity index (χ0n) is 13.2. The topological polar surface area (TPSA) is 70.5 Å². The molecule has 1 heterocycles. The number of aryl methyl sites for hydroxylation is 1. The number of aromatic carboxylic acids is 1. The number of carboxylic acid groups (broad SMARTS) is 1. The van der Waals surface area contributed by atoms with Crippen molar-refractivity contribution in [2.45, 2.75) is 40.5 Å². The first-order valence-electron chi connectivity index (χ1n) is 7.44. The fraction of sp³-hybridized carbons (Fsp3) is 0.562. The molecule has 1 aromatic rings. The number of hydrogen-bond donors (Lipinski definition) is 1. The molecule has 0 aliphatic rings. The van der Waals surface area contributed by atoms with Gasteiger partial charge in [0.2, 0.25) is 0 Å². The molecular formula is C16H24N2O3. The van der Waals surface area contributed by atoms with Crippen LogP contribution in [-0.4, -0.2) is 40.0 Å². The van der Waals surface area contributed by atoms with Crippen LogP contribution in [-0.2, 0) is 0 Å². The van der Waals surface area contributed by atoms with Gasteiger partial charge in [0.15, 0.2) is 0 Å². The van der Waals surface area contributed by atoms with Crippen molar-refractivity contribution in [1.82, 2.24) is 9.88 Å². The summed E-state index contributed by atoms with van der Waals surface area (Å²) < 4.78 is 0. The van der Waals surface area contributed by atoms with Crippen molar-refractivity contribution in [3.63, 3.8) is 0 Å². The second-order valence-electron chi connectivity index (χ2n) is 5.16. The van der Waals surface area contributed by atoms with E-state index in [9.17, 15) is 9.59 Å². The van der Waals surface area contributed by atoms with Gasteiger partial charge in [0.05, 0.1) is 11.3 Å². The monoisotopic (exact) mass is 292 g/mol. The highest BCUT2D eigenvalue weighted by Crippen LogP contribution is 2.13. The minimum absolute atomic E-state index is 0.134. The third-order valence-electron chi connectivity index (χ3n) is 3.84. The van der Waals surface area contributed by atoms with E-state index in [0.717, 1.165) is 12.8 Å². The summed E-state index contributed by atoms with van der Waals surface area (Å²) in [6.07, 6.45) is 2.06. The van der Waals surface area contributed by atoms with Crippen LogP contribution in [0.4, 0.5) is 0 Å². The molecule has 116 valence electrons. The molecule has 0 bridgehead atoms. The van der Waals surface area contributed by atoms with Crippen molar-refractivity contribution in [3.8, 4) is 0 Å². The Kier molecular flexibility index (Phi) is 6.34. The zero-order chi connectivity index (χ0) is 16.0. The van der Waals surface area contributed by atoms with E-state index in [-0.39, 0.29) is 11.5 Å². The van der Waals surface area contributed by atoms with Crippen LogP contribution in [0, 0.1) is 12.8 Å². The molecule has 0 aliphatic carbocycles. The average molecular weight is 292 g/mol. The van der Waals surface area contributed by atoms with Gasteiger partial charge in [0, 0.05) is 13.1 Å². The molecule has 0 aromatic carbocycles. The lowest BCUT2D eigenvalue weighted by atomic mass is 10.0. The number of hydrogen-bond acceptors (Lipinski definition) is 3. The lowest BCUT2D eigenvalue weighted by Crippen LogP contribution is -2.35. The number of pyridine rings is 1. The quantitative estimate of drug-likeness (QED) is 0.838. The lowest BCUT2D eigenvalue weighted by Gasteiger charge is -2.25. The summed E-state index contributed by atoms with van der Waals surface area (Å²) in [5, 5.41) is 9.00. The molecule has 0 spiro atoms. The van der Waals surface area contributed by atoms with Gasteiger partial charge in [-0.25, -0.2) is 9.78 Å². The van der Waals surface area contributed by atoms with E-state index in [2.05, 4.69) is 18.8 Å². The third kappa shape index (κ3) is 4.28. The van der Waals surface area contributed by atoms with Crippen LogP contribution < -0.4 is 0 Å². The van der Waals surface area contributed by atoms with E-state index in [4.69, 9.17) is 5.11 Å². The van der Waals surface area contributed by atoms with E-state index in [0.29, 0.717) is 30.4 Å². The van der Waals surface area contributed by atoms with Gasteiger partial charge in [-0.1, -0.05) is 26.7 Å². The fourth-order valence-electron chi connectivity index (χ4n) is 2.28. The number of aromatic nitrogens is 1. The van der Waals surface area contributed by atoms with Crippen LogP contribution in [0.25, 0.3) is 0 Å². The molecule has 1 rings (SSSR count). The first-order chi connectivity index (χ1) is 9.94. The molecular weight excluding hydrogens is 268 g/mol. The standard InChI is InChI=1S/C16H24N2O3/c1-5-12(6-2)10-18(7-3)15(19)14-9-8-13(16(20)21)11(4)17-14/h8-9,12H,5-7,10H2,1-4H3,(H,20,21). The normalized spacial score (nSPS) is 10.7. The largest absolute Gasteiger partial charge is 0.478 e. The van der Waals surface area contributed by atoms with Crippen LogP contribution in [0.15, 0.2) is 12.1 Å². The maximum absolute atomic E-state index is 12.5. The Bertz CT molecular complexity index is 510. The van der Waals surface area contributed by atoms with E-state index in [1.807, 2.05) is 6.92 Å². The molecule has 1 amide bonds. The van der Waals surface area contributed by atoms with Gasteiger partial charge in [-0.3, -0.25) is 4.79 Å². The second-order valence-corrected chi connectivity index (χ2v) is 5.16. The van der Waals surface area contributed by atoms with Gasteiger partial charge in [-0.2, -0.15) is 0 Å². The van der Waals surface area contributed by atoms with Crippen LogP contribution in [0.1, 0.15) is 60.2 Å². The molecule has 0 aliphatic heterocycles. The van der Waals surface area contributed by atoms with Crippen LogP contribution in [0.3, 0.4) is 0 Å². The summed E-state index contributed by atoms with van der Waals surface area (Å²) in [5.74, 6) is -0.680. The molecule has 5 heteroatoms. The number of carbonyl (C=O) groups is 2. The number of amides is 1. The van der Waals surface area contributed by atoms with Crippen molar-refractivity contribution in [2.75, 3.05) is 13.1 Å². The van der Waals surface area contributed by atoms with Crippen LogP contribution >= 0.6 is 0 Å². The summed E-state index contributed by atoms with van der Waals surface area (Å²) >= 11 is 0. The molecule has 1 aromatic heterocycles. The Balaban J connectivity index is 2.95. The van der Waals surface area contributed by atoms with Crippen molar-refractivity contribution < 1.29 is 14.7 Å². The second kappa shape index (κ2) is 7.76. The van der Waals surface area contributed by atoms with E-state index in [1.54, 1.807) is 11.8 Å². The molecule has 5 nitrogen and oxygen atoms in total. The molecule has 0 saturated carbocycles. The first kappa shape index (κ1) is 17.1. The van der Waals surface area contributed by atoms with E-state index >= 15 is 0 Å². The smallest absolute Gasteiger partial charge is 0.337 e. The molecule has 0 saturated heterocycles. The summed E-state index contributed by atoms with van der Waals surface area (Å²) in [6.45, 7) is 9.13. The Labute approximate surface area is 126 Å². The van der Waals surface area contributed by atoms with Gasteiger partial charge in [-0.15, -0.1) is 0 Å². The molecule has 0 unspecified atom stereocenters. The highest BCUT2D eigenvalue weighted by Gasteiger charge is 2.20. The number of rotatable bonds is 7. The maximum atomic E-state index is 12.5. The Morgan fingerprint density at radius 2 is 1.86 bits per heavy atom.